The first kappa shape index (κ1) is 12.2. The predicted molar refractivity (Wildman–Crippen MR) is 53.2 cm³/mol. The molecule has 1 aromatic carbocycles. The average molecular weight is 224 g/mol. The van der Waals surface area contributed by atoms with Gasteiger partial charge in [0.1, 0.15) is 0 Å². The Hall–Kier alpha value is -0.780. The van der Waals surface area contributed by atoms with Crippen molar-refractivity contribution in [3.63, 3.8) is 0 Å². The molecule has 0 saturated heterocycles. The van der Waals surface area contributed by atoms with Crippen LogP contribution >= 0.6 is 12.4 Å². The van der Waals surface area contributed by atoms with Crippen LogP contribution in [0.1, 0.15) is 0 Å². The molecule has 0 radical (unpaired) electrons. The quantitative estimate of drug-likeness (QED) is 0.788. The van der Waals surface area contributed by atoms with Crippen molar-refractivity contribution < 1.29 is 12.7 Å². The summed E-state index contributed by atoms with van der Waals surface area (Å²) in [6, 6.07) is 8.77. The van der Waals surface area contributed by atoms with Crippen LogP contribution in [-0.4, -0.2) is 14.7 Å². The first-order chi connectivity index (χ1) is 5.58. The van der Waals surface area contributed by atoms with Crippen LogP contribution in [0.2, 0.25) is 0 Å². The fourth-order valence-electron chi connectivity index (χ4n) is 0.630. The number of rotatable bonds is 3. The van der Waals surface area contributed by atoms with Gasteiger partial charge >= 0.3 is 0 Å². The summed E-state index contributed by atoms with van der Waals surface area (Å²) in [7, 11) is -3.43. The van der Waals surface area contributed by atoms with Gasteiger partial charge in [-0.15, -0.1) is 12.4 Å². The highest BCUT2D eigenvalue weighted by Crippen LogP contribution is 2.05. The van der Waals surface area contributed by atoms with Crippen molar-refractivity contribution in [2.24, 2.45) is 0 Å². The molecule has 0 spiro atoms. The predicted octanol–water partition coefficient (Wildman–Crippen LogP) is 1.41. The van der Waals surface area contributed by atoms with Gasteiger partial charge in [-0.05, 0) is 12.1 Å². The lowest BCUT2D eigenvalue weighted by atomic mass is 10.3. The molecule has 6 heteroatoms. The van der Waals surface area contributed by atoms with Crippen LogP contribution in [-0.2, 0) is 14.4 Å². The van der Waals surface area contributed by atoms with Gasteiger partial charge in [0.25, 0.3) is 10.1 Å². The highest BCUT2D eigenvalue weighted by Gasteiger charge is 2.00. The molecule has 0 aliphatic carbocycles. The number of anilines is 1. The van der Waals surface area contributed by atoms with E-state index < -0.39 is 10.1 Å². The van der Waals surface area contributed by atoms with E-state index in [-0.39, 0.29) is 12.4 Å². The van der Waals surface area contributed by atoms with Crippen molar-refractivity contribution in [2.45, 2.75) is 0 Å². The van der Waals surface area contributed by atoms with E-state index in [9.17, 15) is 8.42 Å². The smallest absolute Gasteiger partial charge is 0.249 e. The summed E-state index contributed by atoms with van der Waals surface area (Å²) >= 11 is 0. The normalized spacial score (nSPS) is 10.2. The van der Waals surface area contributed by atoms with E-state index >= 15 is 0 Å². The Morgan fingerprint density at radius 2 is 1.77 bits per heavy atom. The van der Waals surface area contributed by atoms with Crippen molar-refractivity contribution in [1.29, 1.82) is 0 Å². The maximum atomic E-state index is 10.5. The second-order valence-electron chi connectivity index (χ2n) is 2.26. The van der Waals surface area contributed by atoms with Gasteiger partial charge in [-0.2, -0.15) is 12.7 Å². The minimum atomic E-state index is -3.43. The summed E-state index contributed by atoms with van der Waals surface area (Å²) in [6.07, 6.45) is 0.975. The molecule has 13 heavy (non-hydrogen) atoms. The zero-order valence-corrected chi connectivity index (χ0v) is 8.56. The maximum absolute atomic E-state index is 10.5. The van der Waals surface area contributed by atoms with Crippen molar-refractivity contribution in [1.82, 2.24) is 0 Å². The standard InChI is InChI=1S/C7H9NO3S.ClH/c1-12(9,10)11-8-7-5-3-2-4-6-7;/h2-6,8H,1H3;1H. The Balaban J connectivity index is 0.00000144. The van der Waals surface area contributed by atoms with Crippen LogP contribution < -0.4 is 5.48 Å². The molecule has 74 valence electrons. The lowest BCUT2D eigenvalue weighted by Gasteiger charge is -2.02. The Labute approximate surface area is 83.4 Å². The average Bonchev–Trinajstić information content (AvgIpc) is 2.02. The second kappa shape index (κ2) is 5.06. The summed E-state index contributed by atoms with van der Waals surface area (Å²) in [6.45, 7) is 0. The van der Waals surface area contributed by atoms with E-state index in [1.54, 1.807) is 24.3 Å². The molecule has 0 bridgehead atoms. The van der Waals surface area contributed by atoms with Crippen LogP contribution in [0.4, 0.5) is 5.69 Å². The SMILES string of the molecule is CS(=O)(=O)ONc1ccccc1.Cl. The molecule has 1 aromatic rings. The van der Waals surface area contributed by atoms with E-state index in [2.05, 4.69) is 9.76 Å². The lowest BCUT2D eigenvalue weighted by Crippen LogP contribution is -2.08. The number of hydrogen-bond donors (Lipinski definition) is 1. The molecule has 0 heterocycles. The van der Waals surface area contributed by atoms with Crippen LogP contribution in [0.25, 0.3) is 0 Å². The first-order valence-electron chi connectivity index (χ1n) is 3.27. The molecule has 0 unspecified atom stereocenters. The van der Waals surface area contributed by atoms with Crippen molar-refractivity contribution in [3.8, 4) is 0 Å². The molecule has 1 rings (SSSR count). The molecule has 0 aliphatic heterocycles. The van der Waals surface area contributed by atoms with E-state index in [1.807, 2.05) is 6.07 Å². The number of para-hydroxylation sites is 1. The molecular weight excluding hydrogens is 214 g/mol. The molecule has 0 aromatic heterocycles. The van der Waals surface area contributed by atoms with Gasteiger partial charge in [-0.25, -0.2) is 5.48 Å². The van der Waals surface area contributed by atoms with Crippen LogP contribution in [0.15, 0.2) is 30.3 Å². The number of benzene rings is 1. The fraction of sp³-hybridized carbons (Fsp3) is 0.143. The highest BCUT2D eigenvalue weighted by atomic mass is 35.5. The summed E-state index contributed by atoms with van der Waals surface area (Å²) in [5.74, 6) is 0. The van der Waals surface area contributed by atoms with E-state index in [0.29, 0.717) is 5.69 Å². The number of nitrogens with one attached hydrogen (secondary N) is 1. The first-order valence-corrected chi connectivity index (χ1v) is 5.09. The summed E-state index contributed by atoms with van der Waals surface area (Å²) in [4.78, 5) is 0. The van der Waals surface area contributed by atoms with Gasteiger partial charge in [0.15, 0.2) is 0 Å². The van der Waals surface area contributed by atoms with Gasteiger partial charge in [0.05, 0.1) is 11.9 Å². The topological polar surface area (TPSA) is 55.4 Å². The van der Waals surface area contributed by atoms with Crippen LogP contribution in [0, 0.1) is 0 Å². The molecule has 0 aliphatic rings. The van der Waals surface area contributed by atoms with Crippen LogP contribution in [0.3, 0.4) is 0 Å². The monoisotopic (exact) mass is 223 g/mol. The van der Waals surface area contributed by atoms with Gasteiger partial charge in [0, 0.05) is 0 Å². The largest absolute Gasteiger partial charge is 0.284 e. The fourth-order valence-corrected chi connectivity index (χ4v) is 0.878. The number of halogens is 1. The second-order valence-corrected chi connectivity index (χ2v) is 3.83. The zero-order valence-electron chi connectivity index (χ0n) is 6.93. The van der Waals surface area contributed by atoms with E-state index in [1.165, 1.54) is 0 Å². The minimum absolute atomic E-state index is 0. The third-order valence-electron chi connectivity index (χ3n) is 1.08. The molecule has 0 amide bonds. The molecule has 4 nitrogen and oxygen atoms in total. The van der Waals surface area contributed by atoms with Crippen LogP contribution in [0.5, 0.6) is 0 Å². The summed E-state index contributed by atoms with van der Waals surface area (Å²) < 4.78 is 25.4. The lowest BCUT2D eigenvalue weighted by molar-refractivity contribution is 0.396. The summed E-state index contributed by atoms with van der Waals surface area (Å²) in [5.41, 5.74) is 2.90. The van der Waals surface area contributed by atoms with E-state index in [4.69, 9.17) is 0 Å². The van der Waals surface area contributed by atoms with E-state index in [0.717, 1.165) is 6.26 Å². The Bertz CT molecular complexity index is 338. The Morgan fingerprint density at radius 1 is 1.23 bits per heavy atom. The summed E-state index contributed by atoms with van der Waals surface area (Å²) in [5, 5.41) is 0. The van der Waals surface area contributed by atoms with Gasteiger partial charge in [-0.1, -0.05) is 18.2 Å². The third-order valence-corrected chi connectivity index (χ3v) is 1.47. The van der Waals surface area contributed by atoms with Gasteiger partial charge in [0.2, 0.25) is 0 Å². The van der Waals surface area contributed by atoms with Crippen molar-refractivity contribution >= 4 is 28.2 Å². The minimum Gasteiger partial charge on any atom is -0.249 e. The molecular formula is C7H10ClNO3S. The highest BCUT2D eigenvalue weighted by molar-refractivity contribution is 7.86. The third kappa shape index (κ3) is 5.46. The van der Waals surface area contributed by atoms with Crippen molar-refractivity contribution in [3.05, 3.63) is 30.3 Å². The Morgan fingerprint density at radius 3 is 2.23 bits per heavy atom. The maximum Gasteiger partial charge on any atom is 0.284 e. The zero-order chi connectivity index (χ0) is 9.03. The van der Waals surface area contributed by atoms with Crippen molar-refractivity contribution in [2.75, 3.05) is 11.7 Å². The molecule has 0 saturated carbocycles. The molecule has 0 fully saturated rings. The number of hydrogen-bond acceptors (Lipinski definition) is 4. The van der Waals surface area contributed by atoms with Gasteiger partial charge in [-0.3, -0.25) is 0 Å². The molecule has 0 atom stereocenters. The molecule has 1 N–H and O–H groups in total. The van der Waals surface area contributed by atoms with Gasteiger partial charge < -0.3 is 0 Å². The Kier molecular flexibility index (Phi) is 4.76.